The maximum absolute atomic E-state index is 5.97. The molecule has 25 heavy (non-hydrogen) atoms. The Bertz CT molecular complexity index is 1100. The molecule has 124 valence electrons. The second-order valence-corrected chi connectivity index (χ2v) is 6.43. The molecule has 2 aromatic heterocycles. The van der Waals surface area contributed by atoms with Crippen molar-refractivity contribution in [3.63, 3.8) is 0 Å². The van der Waals surface area contributed by atoms with Crippen molar-refractivity contribution in [2.75, 3.05) is 0 Å². The highest BCUT2D eigenvalue weighted by atomic mass is 35.5. The molecule has 0 radical (unpaired) electrons. The van der Waals surface area contributed by atoms with Gasteiger partial charge in [0.15, 0.2) is 0 Å². The summed E-state index contributed by atoms with van der Waals surface area (Å²) >= 11 is 11.1. The maximum atomic E-state index is 5.97. The highest BCUT2D eigenvalue weighted by Crippen LogP contribution is 2.22. The molecule has 0 spiro atoms. The summed E-state index contributed by atoms with van der Waals surface area (Å²) in [7, 11) is 0. The van der Waals surface area contributed by atoms with Crippen LogP contribution in [-0.4, -0.2) is 25.7 Å². The molecule has 0 aliphatic carbocycles. The Morgan fingerprint density at radius 2 is 1.96 bits per heavy atom. The van der Waals surface area contributed by atoms with E-state index in [1.807, 2.05) is 36.4 Å². The molecular weight excluding hydrogens is 354 g/mol. The van der Waals surface area contributed by atoms with Crippen molar-refractivity contribution >= 4 is 40.9 Å². The van der Waals surface area contributed by atoms with E-state index in [-0.39, 0.29) is 0 Å². The predicted octanol–water partition coefficient (Wildman–Crippen LogP) is 4.48. The van der Waals surface area contributed by atoms with Crippen LogP contribution in [0.4, 0.5) is 0 Å². The smallest absolute Gasteiger partial charge is 0.216 e. The fraction of sp³-hybridized carbons (Fsp3) is 0.0556. The number of benzene rings is 2. The molecular formula is C18H14ClN5S. The summed E-state index contributed by atoms with van der Waals surface area (Å²) in [5.74, 6) is 0. The molecule has 0 bridgehead atoms. The van der Waals surface area contributed by atoms with Crippen molar-refractivity contribution in [2.24, 2.45) is 5.10 Å². The number of rotatable bonds is 4. The molecule has 4 aromatic rings. The molecule has 5 nitrogen and oxygen atoms in total. The molecule has 0 saturated heterocycles. The van der Waals surface area contributed by atoms with E-state index in [1.54, 1.807) is 12.5 Å². The van der Waals surface area contributed by atoms with Crippen LogP contribution in [0, 0.1) is 4.77 Å². The molecule has 2 aromatic carbocycles. The summed E-state index contributed by atoms with van der Waals surface area (Å²) < 4.78 is 4.19. The molecule has 0 unspecified atom stereocenters. The number of para-hydroxylation sites is 1. The van der Waals surface area contributed by atoms with E-state index in [1.165, 1.54) is 10.2 Å². The van der Waals surface area contributed by atoms with Gasteiger partial charge in [0.2, 0.25) is 4.77 Å². The molecule has 7 heteroatoms. The van der Waals surface area contributed by atoms with Gasteiger partial charge < -0.3 is 4.57 Å². The Kier molecular flexibility index (Phi) is 4.21. The monoisotopic (exact) mass is 367 g/mol. The Morgan fingerprint density at radius 3 is 2.72 bits per heavy atom. The van der Waals surface area contributed by atoms with Crippen molar-refractivity contribution in [2.45, 2.75) is 6.54 Å². The summed E-state index contributed by atoms with van der Waals surface area (Å²) in [4.78, 5) is 0. The van der Waals surface area contributed by atoms with Crippen molar-refractivity contribution in [1.82, 2.24) is 19.4 Å². The predicted molar refractivity (Wildman–Crippen MR) is 103 cm³/mol. The minimum absolute atomic E-state index is 0.459. The third kappa shape index (κ3) is 3.26. The van der Waals surface area contributed by atoms with Gasteiger partial charge in [-0.15, -0.1) is 0 Å². The van der Waals surface area contributed by atoms with E-state index in [0.29, 0.717) is 4.77 Å². The fourth-order valence-corrected chi connectivity index (χ4v) is 3.02. The number of H-pyrrole nitrogens is 1. The lowest BCUT2D eigenvalue weighted by Crippen LogP contribution is -1.97. The van der Waals surface area contributed by atoms with Gasteiger partial charge in [-0.3, -0.25) is 5.10 Å². The van der Waals surface area contributed by atoms with Crippen LogP contribution in [0.15, 0.2) is 66.2 Å². The Morgan fingerprint density at radius 1 is 1.16 bits per heavy atom. The van der Waals surface area contributed by atoms with E-state index in [4.69, 9.17) is 23.8 Å². The number of hydrogen-bond donors (Lipinski definition) is 1. The highest BCUT2D eigenvalue weighted by Gasteiger charge is 2.07. The first-order valence-corrected chi connectivity index (χ1v) is 8.48. The lowest BCUT2D eigenvalue weighted by atomic mass is 10.2. The summed E-state index contributed by atoms with van der Waals surface area (Å²) in [6.07, 6.45) is 5.43. The average Bonchev–Trinajstić information content (AvgIpc) is 3.19. The van der Waals surface area contributed by atoms with Crippen LogP contribution in [-0.2, 0) is 6.54 Å². The van der Waals surface area contributed by atoms with Gasteiger partial charge >= 0.3 is 0 Å². The number of nitrogens with one attached hydrogen (secondary N) is 1. The van der Waals surface area contributed by atoms with Crippen molar-refractivity contribution in [1.29, 1.82) is 0 Å². The topological polar surface area (TPSA) is 50.9 Å². The molecule has 0 aliphatic rings. The average molecular weight is 368 g/mol. The number of nitrogens with zero attached hydrogens (tertiary/aromatic N) is 4. The molecule has 2 heterocycles. The molecule has 1 N–H and O–H groups in total. The van der Waals surface area contributed by atoms with E-state index in [9.17, 15) is 0 Å². The van der Waals surface area contributed by atoms with Gasteiger partial charge in [0.05, 0.1) is 6.21 Å². The number of halogens is 1. The van der Waals surface area contributed by atoms with Crippen LogP contribution in [0.25, 0.3) is 10.9 Å². The normalized spacial score (nSPS) is 11.6. The van der Waals surface area contributed by atoms with Gasteiger partial charge in [-0.2, -0.15) is 14.9 Å². The minimum atomic E-state index is 0.459. The largest absolute Gasteiger partial charge is 0.342 e. The number of fused-ring (bicyclic) bond motifs is 1. The van der Waals surface area contributed by atoms with Gasteiger partial charge in [0.1, 0.15) is 6.33 Å². The van der Waals surface area contributed by atoms with E-state index >= 15 is 0 Å². The SMILES string of the molecule is S=c1[nH]ncn1/N=C\c1cn(Cc2ccc(Cl)cc2)c2ccccc12. The van der Waals surface area contributed by atoms with Crippen LogP contribution < -0.4 is 0 Å². The molecule has 0 saturated carbocycles. The first-order valence-electron chi connectivity index (χ1n) is 7.69. The van der Waals surface area contributed by atoms with Gasteiger partial charge in [0, 0.05) is 34.2 Å². The number of hydrogen-bond acceptors (Lipinski definition) is 3. The van der Waals surface area contributed by atoms with Crippen molar-refractivity contribution in [3.8, 4) is 0 Å². The second kappa shape index (κ2) is 6.66. The Balaban J connectivity index is 1.73. The zero-order chi connectivity index (χ0) is 17.2. The van der Waals surface area contributed by atoms with Crippen molar-refractivity contribution < 1.29 is 0 Å². The third-order valence-corrected chi connectivity index (χ3v) is 4.47. The number of aromatic amines is 1. The summed E-state index contributed by atoms with van der Waals surface area (Å²) in [5, 5.41) is 12.8. The standard InChI is InChI=1S/C18H14ClN5S/c19-15-7-5-13(6-8-15)10-23-11-14(16-3-1-2-4-17(16)23)9-21-24-12-20-22-18(24)25/h1-9,11-12H,10H2,(H,22,25)/b21-9-. The molecule has 0 fully saturated rings. The summed E-state index contributed by atoms with van der Waals surface area (Å²) in [5.41, 5.74) is 3.35. The Hall–Kier alpha value is -2.70. The zero-order valence-corrected chi connectivity index (χ0v) is 14.7. The summed E-state index contributed by atoms with van der Waals surface area (Å²) in [6.45, 7) is 0.761. The van der Waals surface area contributed by atoms with Crippen LogP contribution in [0.3, 0.4) is 0 Å². The lowest BCUT2D eigenvalue weighted by molar-refractivity contribution is 0.835. The van der Waals surface area contributed by atoms with Gasteiger partial charge in [0.25, 0.3) is 0 Å². The first kappa shape index (κ1) is 15.8. The fourth-order valence-electron chi connectivity index (χ4n) is 2.74. The zero-order valence-electron chi connectivity index (χ0n) is 13.1. The minimum Gasteiger partial charge on any atom is -0.342 e. The maximum Gasteiger partial charge on any atom is 0.216 e. The van der Waals surface area contributed by atoms with Gasteiger partial charge in [-0.25, -0.2) is 0 Å². The van der Waals surface area contributed by atoms with E-state index < -0.39 is 0 Å². The molecule has 0 aliphatic heterocycles. The highest BCUT2D eigenvalue weighted by molar-refractivity contribution is 7.71. The van der Waals surface area contributed by atoms with Crippen molar-refractivity contribution in [3.05, 3.63) is 82.0 Å². The summed E-state index contributed by atoms with van der Waals surface area (Å²) in [6, 6.07) is 16.1. The van der Waals surface area contributed by atoms with Crippen LogP contribution in [0.2, 0.25) is 5.02 Å². The lowest BCUT2D eigenvalue weighted by Gasteiger charge is -2.05. The quantitative estimate of drug-likeness (QED) is 0.427. The van der Waals surface area contributed by atoms with Crippen LogP contribution in [0.5, 0.6) is 0 Å². The van der Waals surface area contributed by atoms with Gasteiger partial charge in [-0.05, 0) is 36.0 Å². The van der Waals surface area contributed by atoms with E-state index in [0.717, 1.165) is 28.0 Å². The van der Waals surface area contributed by atoms with E-state index in [2.05, 4.69) is 38.2 Å². The molecule has 0 amide bonds. The van der Waals surface area contributed by atoms with Crippen LogP contribution >= 0.6 is 23.8 Å². The first-order chi connectivity index (χ1) is 12.2. The number of aromatic nitrogens is 4. The molecule has 0 atom stereocenters. The molecule has 4 rings (SSSR count). The van der Waals surface area contributed by atoms with Crippen LogP contribution in [0.1, 0.15) is 11.1 Å². The van der Waals surface area contributed by atoms with Gasteiger partial charge in [-0.1, -0.05) is 41.9 Å². The second-order valence-electron chi connectivity index (χ2n) is 5.61. The Labute approximate surface area is 154 Å². The third-order valence-electron chi connectivity index (χ3n) is 3.94.